The third kappa shape index (κ3) is 3.44. The van der Waals surface area contributed by atoms with Crippen LogP contribution < -0.4 is 4.72 Å². The number of benzene rings is 2. The van der Waals surface area contributed by atoms with Gasteiger partial charge in [0.05, 0.1) is 25.1 Å². The molecule has 2 rings (SSSR count). The summed E-state index contributed by atoms with van der Waals surface area (Å²) in [6, 6.07) is 7.82. The first-order valence-electron chi connectivity index (χ1n) is 5.22. The number of rotatable bonds is 3. The van der Waals surface area contributed by atoms with Crippen LogP contribution in [0.3, 0.4) is 0 Å². The lowest BCUT2D eigenvalue weighted by Gasteiger charge is -2.09. The van der Waals surface area contributed by atoms with Crippen molar-refractivity contribution in [1.82, 2.24) is 0 Å². The molecular weight excluding hydrogens is 392 g/mol. The molecule has 0 amide bonds. The summed E-state index contributed by atoms with van der Waals surface area (Å²) < 4.78 is 40.1. The van der Waals surface area contributed by atoms with E-state index in [4.69, 9.17) is 23.2 Å². The van der Waals surface area contributed by atoms with E-state index in [0.717, 1.165) is 6.07 Å². The Balaban J connectivity index is 2.35. The van der Waals surface area contributed by atoms with Crippen molar-refractivity contribution < 1.29 is 12.8 Å². The largest absolute Gasteiger partial charge is 0.280 e. The highest BCUT2D eigenvalue weighted by atomic mass is 79.9. The third-order valence-corrected chi connectivity index (χ3v) is 5.13. The average Bonchev–Trinajstić information content (AvgIpc) is 2.37. The molecule has 0 fully saturated rings. The molecule has 2 aromatic rings. The number of sulfonamides is 1. The van der Waals surface area contributed by atoms with Crippen molar-refractivity contribution in [2.75, 3.05) is 4.72 Å². The summed E-state index contributed by atoms with van der Waals surface area (Å²) in [6.07, 6.45) is 0. The van der Waals surface area contributed by atoms with Crippen molar-refractivity contribution in [2.45, 2.75) is 4.90 Å². The van der Waals surface area contributed by atoms with Gasteiger partial charge in [0.25, 0.3) is 10.0 Å². The quantitative estimate of drug-likeness (QED) is 0.814. The first kappa shape index (κ1) is 15.6. The van der Waals surface area contributed by atoms with E-state index < -0.39 is 15.8 Å². The Hall–Kier alpha value is -0.820. The number of nitrogens with one attached hydrogen (secondary N) is 1. The number of halogens is 4. The molecule has 0 aliphatic carbocycles. The highest BCUT2D eigenvalue weighted by molar-refractivity contribution is 9.10. The molecule has 0 spiro atoms. The van der Waals surface area contributed by atoms with E-state index in [-0.39, 0.29) is 20.1 Å². The third-order valence-electron chi connectivity index (χ3n) is 2.37. The van der Waals surface area contributed by atoms with Crippen molar-refractivity contribution in [2.24, 2.45) is 0 Å². The molecule has 0 unspecified atom stereocenters. The molecule has 0 saturated carbocycles. The van der Waals surface area contributed by atoms with Crippen LogP contribution in [0.1, 0.15) is 0 Å². The topological polar surface area (TPSA) is 46.2 Å². The predicted molar refractivity (Wildman–Crippen MR) is 81.4 cm³/mol. The monoisotopic (exact) mass is 397 g/mol. The average molecular weight is 399 g/mol. The number of anilines is 1. The Bertz CT molecular complexity index is 768. The van der Waals surface area contributed by atoms with Crippen molar-refractivity contribution in [3.05, 3.63) is 56.7 Å². The van der Waals surface area contributed by atoms with Gasteiger partial charge in [-0.15, -0.1) is 0 Å². The zero-order valence-corrected chi connectivity index (χ0v) is 13.6. The first-order chi connectivity index (χ1) is 9.29. The molecule has 0 bridgehead atoms. The van der Waals surface area contributed by atoms with Crippen LogP contribution >= 0.6 is 39.1 Å². The van der Waals surface area contributed by atoms with Crippen LogP contribution in [0.5, 0.6) is 0 Å². The lowest BCUT2D eigenvalue weighted by atomic mass is 10.3. The minimum Gasteiger partial charge on any atom is -0.280 e. The maximum absolute atomic E-state index is 13.4. The van der Waals surface area contributed by atoms with Crippen LogP contribution in [-0.4, -0.2) is 8.42 Å². The van der Waals surface area contributed by atoms with Gasteiger partial charge in [0.1, 0.15) is 5.82 Å². The van der Waals surface area contributed by atoms with Crippen LogP contribution in [0.2, 0.25) is 10.0 Å². The van der Waals surface area contributed by atoms with Crippen LogP contribution in [-0.2, 0) is 10.0 Å². The molecule has 0 aliphatic rings. The van der Waals surface area contributed by atoms with Crippen molar-refractivity contribution >= 4 is 54.8 Å². The fourth-order valence-electron chi connectivity index (χ4n) is 1.42. The summed E-state index contributed by atoms with van der Waals surface area (Å²) in [6.45, 7) is 0. The van der Waals surface area contributed by atoms with E-state index in [0.29, 0.717) is 5.02 Å². The van der Waals surface area contributed by atoms with Gasteiger partial charge in [-0.1, -0.05) is 23.2 Å². The second kappa shape index (κ2) is 5.89. The lowest BCUT2D eigenvalue weighted by molar-refractivity contribution is 0.593. The molecule has 8 heteroatoms. The molecule has 106 valence electrons. The van der Waals surface area contributed by atoms with Crippen molar-refractivity contribution in [3.63, 3.8) is 0 Å². The molecule has 2 aromatic carbocycles. The van der Waals surface area contributed by atoms with E-state index in [2.05, 4.69) is 20.7 Å². The number of hydrogen-bond acceptors (Lipinski definition) is 2. The highest BCUT2D eigenvalue weighted by Gasteiger charge is 2.16. The highest BCUT2D eigenvalue weighted by Crippen LogP contribution is 2.27. The van der Waals surface area contributed by atoms with E-state index >= 15 is 0 Å². The zero-order chi connectivity index (χ0) is 14.9. The normalized spacial score (nSPS) is 11.4. The van der Waals surface area contributed by atoms with Crippen LogP contribution in [0.15, 0.2) is 45.8 Å². The first-order valence-corrected chi connectivity index (χ1v) is 8.26. The minimum absolute atomic E-state index is 0.186. The molecule has 0 aliphatic heterocycles. The Morgan fingerprint density at radius 3 is 2.35 bits per heavy atom. The van der Waals surface area contributed by atoms with Gasteiger partial charge >= 0.3 is 0 Å². The van der Waals surface area contributed by atoms with Gasteiger partial charge < -0.3 is 0 Å². The van der Waals surface area contributed by atoms with Gasteiger partial charge in [0.2, 0.25) is 0 Å². The van der Waals surface area contributed by atoms with E-state index in [1.54, 1.807) is 0 Å². The molecule has 0 saturated heterocycles. The summed E-state index contributed by atoms with van der Waals surface area (Å²) in [5, 5.41) is 0.526. The van der Waals surface area contributed by atoms with E-state index in [1.165, 1.54) is 30.3 Å². The Labute approximate surface area is 133 Å². The summed E-state index contributed by atoms with van der Waals surface area (Å²) in [5.74, 6) is -0.665. The standard InChI is InChI=1S/C12H7BrCl2FNO2S/c13-9-3-2-8(6-12(9)16)20(18,19)17-7-1-4-10(14)11(15)5-7/h1-6,17H. The molecule has 0 atom stereocenters. The minimum atomic E-state index is -3.89. The summed E-state index contributed by atoms with van der Waals surface area (Å²) in [4.78, 5) is -0.190. The zero-order valence-electron chi connectivity index (χ0n) is 9.70. The molecule has 0 heterocycles. The fraction of sp³-hybridized carbons (Fsp3) is 0. The number of hydrogen-bond donors (Lipinski definition) is 1. The summed E-state index contributed by atoms with van der Waals surface area (Å²) in [7, 11) is -3.89. The van der Waals surface area contributed by atoms with Crippen LogP contribution in [0.4, 0.5) is 10.1 Å². The summed E-state index contributed by atoms with van der Waals surface area (Å²) in [5.41, 5.74) is 0.239. The Kier molecular flexibility index (Phi) is 4.59. The van der Waals surface area contributed by atoms with E-state index in [1.807, 2.05) is 0 Å². The maximum atomic E-state index is 13.4. The predicted octanol–water partition coefficient (Wildman–Crippen LogP) is 4.70. The second-order valence-electron chi connectivity index (χ2n) is 3.81. The van der Waals surface area contributed by atoms with Gasteiger partial charge in [-0.2, -0.15) is 0 Å². The van der Waals surface area contributed by atoms with Gasteiger partial charge in [0.15, 0.2) is 0 Å². The van der Waals surface area contributed by atoms with Gasteiger partial charge in [0, 0.05) is 0 Å². The smallest absolute Gasteiger partial charge is 0.261 e. The van der Waals surface area contributed by atoms with Crippen LogP contribution in [0.25, 0.3) is 0 Å². The Morgan fingerprint density at radius 2 is 1.75 bits per heavy atom. The second-order valence-corrected chi connectivity index (χ2v) is 7.16. The van der Waals surface area contributed by atoms with Gasteiger partial charge in [-0.25, -0.2) is 12.8 Å². The summed E-state index contributed by atoms with van der Waals surface area (Å²) >= 11 is 14.5. The van der Waals surface area contributed by atoms with Crippen molar-refractivity contribution in [3.8, 4) is 0 Å². The van der Waals surface area contributed by atoms with Crippen molar-refractivity contribution in [1.29, 1.82) is 0 Å². The van der Waals surface area contributed by atoms with Crippen LogP contribution in [0, 0.1) is 5.82 Å². The molecule has 1 N–H and O–H groups in total. The molecule has 0 radical (unpaired) electrons. The molecule has 20 heavy (non-hydrogen) atoms. The van der Waals surface area contributed by atoms with Gasteiger partial charge in [-0.05, 0) is 52.3 Å². The molecular formula is C12H7BrCl2FNO2S. The van der Waals surface area contributed by atoms with E-state index in [9.17, 15) is 12.8 Å². The van der Waals surface area contributed by atoms with Gasteiger partial charge in [-0.3, -0.25) is 4.72 Å². The SMILES string of the molecule is O=S(=O)(Nc1ccc(Cl)c(Cl)c1)c1ccc(Br)c(F)c1. The maximum Gasteiger partial charge on any atom is 0.261 e. The Morgan fingerprint density at radius 1 is 1.05 bits per heavy atom. The lowest BCUT2D eigenvalue weighted by Crippen LogP contribution is -2.13. The molecule has 0 aromatic heterocycles. The molecule has 3 nitrogen and oxygen atoms in total. The fourth-order valence-corrected chi connectivity index (χ4v) is 3.02.